The van der Waals surface area contributed by atoms with Crippen molar-refractivity contribution in [2.75, 3.05) is 6.54 Å². The molecule has 0 aliphatic heterocycles. The summed E-state index contributed by atoms with van der Waals surface area (Å²) in [6, 6.07) is 0.334. The van der Waals surface area contributed by atoms with Crippen molar-refractivity contribution < 1.29 is 9.59 Å². The lowest BCUT2D eigenvalue weighted by Crippen LogP contribution is -2.40. The first-order valence-corrected chi connectivity index (χ1v) is 5.28. The minimum atomic E-state index is -0.0772. The second-order valence-electron chi connectivity index (χ2n) is 3.68. The molecule has 1 aliphatic rings. The van der Waals surface area contributed by atoms with Crippen molar-refractivity contribution in [3.05, 3.63) is 0 Å². The van der Waals surface area contributed by atoms with Gasteiger partial charge in [0.2, 0.25) is 11.8 Å². The van der Waals surface area contributed by atoms with E-state index in [1.807, 2.05) is 0 Å². The maximum absolute atomic E-state index is 11.3. The van der Waals surface area contributed by atoms with Gasteiger partial charge in [0.1, 0.15) is 0 Å². The number of hydrogen-bond acceptors (Lipinski definition) is 2. The van der Waals surface area contributed by atoms with Crippen LogP contribution >= 0.6 is 0 Å². The summed E-state index contributed by atoms with van der Waals surface area (Å²) >= 11 is 0. The Morgan fingerprint density at radius 2 is 1.86 bits per heavy atom. The monoisotopic (exact) mass is 198 g/mol. The van der Waals surface area contributed by atoms with Crippen LogP contribution in [0.25, 0.3) is 0 Å². The molecule has 1 rings (SSSR count). The van der Waals surface area contributed by atoms with Crippen LogP contribution in [-0.4, -0.2) is 24.4 Å². The molecule has 0 heterocycles. The van der Waals surface area contributed by atoms with E-state index in [1.54, 1.807) is 6.92 Å². The summed E-state index contributed by atoms with van der Waals surface area (Å²) in [5.41, 5.74) is 0. The van der Waals surface area contributed by atoms with Gasteiger partial charge in [-0.2, -0.15) is 0 Å². The molecule has 0 unspecified atom stereocenters. The lowest BCUT2D eigenvalue weighted by atomic mass is 10.2. The second-order valence-corrected chi connectivity index (χ2v) is 3.68. The molecular weight excluding hydrogens is 180 g/mol. The van der Waals surface area contributed by atoms with Crippen LogP contribution in [0.3, 0.4) is 0 Å². The summed E-state index contributed by atoms with van der Waals surface area (Å²) in [6.45, 7) is 1.88. The van der Waals surface area contributed by atoms with Crippen LogP contribution < -0.4 is 10.6 Å². The predicted molar refractivity (Wildman–Crippen MR) is 53.7 cm³/mol. The third-order valence-corrected chi connectivity index (χ3v) is 2.49. The van der Waals surface area contributed by atoms with E-state index in [1.165, 1.54) is 12.8 Å². The molecule has 80 valence electrons. The van der Waals surface area contributed by atoms with E-state index < -0.39 is 0 Å². The van der Waals surface area contributed by atoms with Gasteiger partial charge in [0, 0.05) is 12.5 Å². The van der Waals surface area contributed by atoms with E-state index >= 15 is 0 Å². The molecule has 2 amide bonds. The van der Waals surface area contributed by atoms with E-state index in [-0.39, 0.29) is 18.4 Å². The van der Waals surface area contributed by atoms with Crippen LogP contribution in [0, 0.1) is 0 Å². The SMILES string of the molecule is CCC(=O)NCC(=O)NC1CCCC1. The molecule has 0 atom stereocenters. The highest BCUT2D eigenvalue weighted by molar-refractivity contribution is 5.84. The van der Waals surface area contributed by atoms with E-state index in [2.05, 4.69) is 10.6 Å². The first-order chi connectivity index (χ1) is 6.72. The van der Waals surface area contributed by atoms with Crippen molar-refractivity contribution in [1.29, 1.82) is 0 Å². The summed E-state index contributed by atoms with van der Waals surface area (Å²) < 4.78 is 0. The highest BCUT2D eigenvalue weighted by Gasteiger charge is 2.16. The smallest absolute Gasteiger partial charge is 0.239 e. The van der Waals surface area contributed by atoms with E-state index in [0.717, 1.165) is 12.8 Å². The Bertz CT molecular complexity index is 210. The average molecular weight is 198 g/mol. The highest BCUT2D eigenvalue weighted by atomic mass is 16.2. The van der Waals surface area contributed by atoms with E-state index in [9.17, 15) is 9.59 Å². The topological polar surface area (TPSA) is 58.2 Å². The number of nitrogens with one attached hydrogen (secondary N) is 2. The lowest BCUT2D eigenvalue weighted by Gasteiger charge is -2.11. The molecule has 2 N–H and O–H groups in total. The molecule has 0 aromatic rings. The van der Waals surface area contributed by atoms with Crippen LogP contribution in [0.15, 0.2) is 0 Å². The number of carbonyl (C=O) groups is 2. The Morgan fingerprint density at radius 3 is 2.43 bits per heavy atom. The fourth-order valence-electron chi connectivity index (χ4n) is 1.65. The number of rotatable bonds is 4. The standard InChI is InChI=1S/C10H18N2O2/c1-2-9(13)11-7-10(14)12-8-5-3-4-6-8/h8H,2-7H2,1H3,(H,11,13)(H,12,14). The number of hydrogen-bond donors (Lipinski definition) is 2. The maximum Gasteiger partial charge on any atom is 0.239 e. The van der Waals surface area contributed by atoms with Crippen molar-refractivity contribution >= 4 is 11.8 Å². The molecule has 4 heteroatoms. The molecule has 1 fully saturated rings. The molecular formula is C10H18N2O2. The molecule has 0 saturated heterocycles. The zero-order chi connectivity index (χ0) is 10.4. The van der Waals surface area contributed by atoms with Crippen molar-refractivity contribution in [3.8, 4) is 0 Å². The molecule has 0 radical (unpaired) electrons. The zero-order valence-electron chi connectivity index (χ0n) is 8.64. The Morgan fingerprint density at radius 1 is 1.21 bits per heavy atom. The minimum Gasteiger partial charge on any atom is -0.352 e. The first kappa shape index (κ1) is 11.0. The van der Waals surface area contributed by atoms with Crippen LogP contribution in [0.5, 0.6) is 0 Å². The predicted octanol–water partition coefficient (Wildman–Crippen LogP) is 0.571. The fourth-order valence-corrected chi connectivity index (χ4v) is 1.65. The summed E-state index contributed by atoms with van der Waals surface area (Å²) in [4.78, 5) is 22.2. The third-order valence-electron chi connectivity index (χ3n) is 2.49. The van der Waals surface area contributed by atoms with Crippen molar-refractivity contribution in [1.82, 2.24) is 10.6 Å². The Kier molecular flexibility index (Phi) is 4.43. The molecule has 1 aliphatic carbocycles. The largest absolute Gasteiger partial charge is 0.352 e. The minimum absolute atomic E-state index is 0.0706. The number of carbonyl (C=O) groups excluding carboxylic acids is 2. The maximum atomic E-state index is 11.3. The van der Waals surface area contributed by atoms with Gasteiger partial charge >= 0.3 is 0 Å². The van der Waals surface area contributed by atoms with Crippen molar-refractivity contribution in [2.24, 2.45) is 0 Å². The van der Waals surface area contributed by atoms with Crippen molar-refractivity contribution in [2.45, 2.75) is 45.1 Å². The van der Waals surface area contributed by atoms with Gasteiger partial charge in [-0.3, -0.25) is 9.59 Å². The second kappa shape index (κ2) is 5.62. The molecule has 0 aromatic heterocycles. The first-order valence-electron chi connectivity index (χ1n) is 5.28. The Balaban J connectivity index is 2.12. The van der Waals surface area contributed by atoms with Gasteiger partial charge in [-0.15, -0.1) is 0 Å². The fraction of sp³-hybridized carbons (Fsp3) is 0.800. The molecule has 0 aromatic carbocycles. The molecule has 14 heavy (non-hydrogen) atoms. The van der Waals surface area contributed by atoms with E-state index in [4.69, 9.17) is 0 Å². The highest BCUT2D eigenvalue weighted by Crippen LogP contribution is 2.17. The zero-order valence-corrected chi connectivity index (χ0v) is 8.64. The van der Waals surface area contributed by atoms with Gasteiger partial charge in [0.15, 0.2) is 0 Å². The van der Waals surface area contributed by atoms with Gasteiger partial charge in [-0.25, -0.2) is 0 Å². The molecule has 1 saturated carbocycles. The van der Waals surface area contributed by atoms with E-state index in [0.29, 0.717) is 12.5 Å². The quantitative estimate of drug-likeness (QED) is 0.694. The molecule has 0 spiro atoms. The van der Waals surface area contributed by atoms with Gasteiger partial charge < -0.3 is 10.6 Å². The van der Waals surface area contributed by atoms with Crippen LogP contribution in [0.4, 0.5) is 0 Å². The summed E-state index contributed by atoms with van der Waals surface area (Å²) in [5.74, 6) is -0.148. The van der Waals surface area contributed by atoms with Gasteiger partial charge in [0.05, 0.1) is 6.54 Å². The molecule has 0 bridgehead atoms. The summed E-state index contributed by atoms with van der Waals surface area (Å²) in [6.07, 6.45) is 4.98. The van der Waals surface area contributed by atoms with Gasteiger partial charge in [0.25, 0.3) is 0 Å². The number of amides is 2. The summed E-state index contributed by atoms with van der Waals surface area (Å²) in [5, 5.41) is 5.46. The van der Waals surface area contributed by atoms with Crippen LogP contribution in [0.2, 0.25) is 0 Å². The Labute approximate surface area is 84.4 Å². The van der Waals surface area contributed by atoms with Gasteiger partial charge in [-0.1, -0.05) is 19.8 Å². The average Bonchev–Trinajstić information content (AvgIpc) is 2.66. The molecule has 4 nitrogen and oxygen atoms in total. The van der Waals surface area contributed by atoms with Crippen LogP contribution in [-0.2, 0) is 9.59 Å². The van der Waals surface area contributed by atoms with Crippen LogP contribution in [0.1, 0.15) is 39.0 Å². The lowest BCUT2D eigenvalue weighted by molar-refractivity contribution is -0.126. The van der Waals surface area contributed by atoms with Gasteiger partial charge in [-0.05, 0) is 12.8 Å². The third kappa shape index (κ3) is 3.77. The van der Waals surface area contributed by atoms with Crippen molar-refractivity contribution in [3.63, 3.8) is 0 Å². The summed E-state index contributed by atoms with van der Waals surface area (Å²) in [7, 11) is 0. The Hall–Kier alpha value is -1.06. The normalized spacial score (nSPS) is 16.6.